The van der Waals surface area contributed by atoms with Gasteiger partial charge in [-0.2, -0.15) is 0 Å². The van der Waals surface area contributed by atoms with Crippen LogP contribution < -0.4 is 10.6 Å². The Bertz CT molecular complexity index is 642. The fourth-order valence-electron chi connectivity index (χ4n) is 3.10. The van der Waals surface area contributed by atoms with E-state index < -0.39 is 5.60 Å². The van der Waals surface area contributed by atoms with Crippen molar-refractivity contribution in [2.75, 3.05) is 25.1 Å². The molecule has 1 fully saturated rings. The second-order valence-electron chi connectivity index (χ2n) is 5.96. The zero-order chi connectivity index (χ0) is 16.8. The molecule has 3 N–H and O–H groups in total. The van der Waals surface area contributed by atoms with Crippen molar-refractivity contribution in [1.29, 1.82) is 0 Å². The molecule has 2 aromatic rings. The molecular formula is C18H22N2O3S. The van der Waals surface area contributed by atoms with E-state index in [1.165, 1.54) is 11.3 Å². The van der Waals surface area contributed by atoms with Crippen LogP contribution in [-0.2, 0) is 10.3 Å². The number of benzene rings is 1. The van der Waals surface area contributed by atoms with Gasteiger partial charge in [-0.1, -0.05) is 30.3 Å². The monoisotopic (exact) mass is 346 g/mol. The molecule has 1 aliphatic rings. The lowest BCUT2D eigenvalue weighted by atomic mass is 9.77. The topological polar surface area (TPSA) is 70.6 Å². The summed E-state index contributed by atoms with van der Waals surface area (Å²) in [5.74, 6) is 0.0516. The van der Waals surface area contributed by atoms with Gasteiger partial charge in [0.15, 0.2) is 0 Å². The van der Waals surface area contributed by atoms with E-state index in [4.69, 9.17) is 4.74 Å². The van der Waals surface area contributed by atoms with Crippen LogP contribution in [0.2, 0.25) is 0 Å². The van der Waals surface area contributed by atoms with E-state index in [9.17, 15) is 9.90 Å². The van der Waals surface area contributed by atoms with Crippen LogP contribution in [0.15, 0.2) is 47.8 Å². The Morgan fingerprint density at radius 2 is 1.96 bits per heavy atom. The molecule has 6 heteroatoms. The fourth-order valence-corrected chi connectivity index (χ4v) is 3.72. The maximum absolute atomic E-state index is 12.1. The average molecular weight is 346 g/mol. The summed E-state index contributed by atoms with van der Waals surface area (Å²) in [6.45, 7) is 1.45. The standard InChI is InChI=1S/C18H22N2O3S/c21-17(20-16-7-4-12-24-16)19-13-18(22,14-5-2-1-3-6-14)15-8-10-23-11-9-15/h1-7,12,15,22H,8-11,13H2,(H2,19,20,21). The zero-order valence-electron chi connectivity index (χ0n) is 13.4. The van der Waals surface area contributed by atoms with Crippen molar-refractivity contribution in [1.82, 2.24) is 5.32 Å². The smallest absolute Gasteiger partial charge is 0.319 e. The van der Waals surface area contributed by atoms with Crippen LogP contribution in [0.3, 0.4) is 0 Å². The van der Waals surface area contributed by atoms with Crippen molar-refractivity contribution in [3.63, 3.8) is 0 Å². The first-order valence-electron chi connectivity index (χ1n) is 8.12. The van der Waals surface area contributed by atoms with Gasteiger partial charge < -0.3 is 15.2 Å². The van der Waals surface area contributed by atoms with Gasteiger partial charge in [0.1, 0.15) is 5.60 Å². The van der Waals surface area contributed by atoms with Crippen molar-refractivity contribution in [3.8, 4) is 0 Å². The SMILES string of the molecule is O=C(NCC(O)(c1ccccc1)C1CCOCC1)Nc1cccs1. The molecule has 0 radical (unpaired) electrons. The average Bonchev–Trinajstić information content (AvgIpc) is 3.14. The number of amides is 2. The predicted octanol–water partition coefficient (Wildman–Crippen LogP) is 3.18. The van der Waals surface area contributed by atoms with Gasteiger partial charge >= 0.3 is 6.03 Å². The number of hydrogen-bond donors (Lipinski definition) is 3. The molecule has 0 saturated carbocycles. The van der Waals surface area contributed by atoms with Gasteiger partial charge in [0.25, 0.3) is 0 Å². The largest absolute Gasteiger partial charge is 0.383 e. The molecule has 0 spiro atoms. The minimum absolute atomic E-state index is 0.0516. The van der Waals surface area contributed by atoms with Gasteiger partial charge in [0, 0.05) is 13.2 Å². The van der Waals surface area contributed by atoms with Crippen LogP contribution in [0.25, 0.3) is 0 Å². The quantitative estimate of drug-likeness (QED) is 0.779. The third-order valence-corrected chi connectivity index (χ3v) is 5.23. The van der Waals surface area contributed by atoms with Crippen molar-refractivity contribution in [3.05, 3.63) is 53.4 Å². The summed E-state index contributed by atoms with van der Waals surface area (Å²) in [4.78, 5) is 12.1. The maximum Gasteiger partial charge on any atom is 0.319 e. The number of hydrogen-bond acceptors (Lipinski definition) is 4. The number of anilines is 1. The van der Waals surface area contributed by atoms with Gasteiger partial charge in [0.05, 0.1) is 11.5 Å². The Morgan fingerprint density at radius 3 is 2.62 bits per heavy atom. The summed E-state index contributed by atoms with van der Waals surface area (Å²) in [6.07, 6.45) is 1.55. The molecule has 128 valence electrons. The summed E-state index contributed by atoms with van der Waals surface area (Å²) in [5, 5.41) is 19.7. The van der Waals surface area contributed by atoms with E-state index in [0.717, 1.165) is 23.4 Å². The van der Waals surface area contributed by atoms with Crippen molar-refractivity contribution in [2.45, 2.75) is 18.4 Å². The van der Waals surface area contributed by atoms with Crippen molar-refractivity contribution in [2.24, 2.45) is 5.92 Å². The summed E-state index contributed by atoms with van der Waals surface area (Å²) in [7, 11) is 0. The molecule has 2 amide bonds. The van der Waals surface area contributed by atoms with Crippen LogP contribution >= 0.6 is 11.3 Å². The van der Waals surface area contributed by atoms with E-state index in [1.807, 2.05) is 47.8 Å². The zero-order valence-corrected chi connectivity index (χ0v) is 14.2. The second-order valence-corrected chi connectivity index (χ2v) is 6.91. The van der Waals surface area contributed by atoms with E-state index in [2.05, 4.69) is 10.6 Å². The lowest BCUT2D eigenvalue weighted by molar-refractivity contribution is -0.0674. The Kier molecular flexibility index (Phi) is 5.50. The molecule has 1 aromatic carbocycles. The lowest BCUT2D eigenvalue weighted by Gasteiger charge is -2.39. The lowest BCUT2D eigenvalue weighted by Crippen LogP contribution is -2.48. The minimum atomic E-state index is -1.10. The van der Waals surface area contributed by atoms with E-state index in [0.29, 0.717) is 13.2 Å². The molecule has 1 saturated heterocycles. The molecule has 24 heavy (non-hydrogen) atoms. The first-order valence-corrected chi connectivity index (χ1v) is 9.00. The summed E-state index contributed by atoms with van der Waals surface area (Å²) < 4.78 is 5.42. The van der Waals surface area contributed by atoms with E-state index >= 15 is 0 Å². The highest BCUT2D eigenvalue weighted by Crippen LogP contribution is 2.35. The molecule has 3 rings (SSSR count). The summed E-state index contributed by atoms with van der Waals surface area (Å²) >= 11 is 1.46. The number of ether oxygens (including phenoxy) is 1. The molecule has 1 unspecified atom stereocenters. The molecule has 0 bridgehead atoms. The number of nitrogens with one attached hydrogen (secondary N) is 2. The normalized spacial score (nSPS) is 17.9. The van der Waals surface area contributed by atoms with Crippen LogP contribution in [-0.4, -0.2) is 30.9 Å². The third-order valence-electron chi connectivity index (χ3n) is 4.45. The number of aliphatic hydroxyl groups is 1. The second kappa shape index (κ2) is 7.79. The Morgan fingerprint density at radius 1 is 1.21 bits per heavy atom. The predicted molar refractivity (Wildman–Crippen MR) is 95.2 cm³/mol. The molecule has 1 aromatic heterocycles. The summed E-state index contributed by atoms with van der Waals surface area (Å²) in [6, 6.07) is 13.0. The Hall–Kier alpha value is -1.89. The molecule has 1 aliphatic heterocycles. The highest BCUT2D eigenvalue weighted by Gasteiger charge is 2.39. The van der Waals surface area contributed by atoms with Gasteiger partial charge in [-0.25, -0.2) is 4.79 Å². The minimum Gasteiger partial charge on any atom is -0.383 e. The van der Waals surface area contributed by atoms with Gasteiger partial charge in [-0.3, -0.25) is 5.32 Å². The number of rotatable bonds is 5. The first kappa shape index (κ1) is 17.0. The number of carbonyl (C=O) groups excluding carboxylic acids is 1. The Balaban J connectivity index is 1.71. The molecule has 0 aliphatic carbocycles. The molecular weight excluding hydrogens is 324 g/mol. The highest BCUT2D eigenvalue weighted by atomic mass is 32.1. The maximum atomic E-state index is 12.1. The van der Waals surface area contributed by atoms with Crippen molar-refractivity contribution < 1.29 is 14.6 Å². The molecule has 5 nitrogen and oxygen atoms in total. The van der Waals surface area contributed by atoms with Crippen LogP contribution in [0.4, 0.5) is 9.80 Å². The van der Waals surface area contributed by atoms with Gasteiger partial charge in [-0.15, -0.1) is 11.3 Å². The number of carbonyl (C=O) groups is 1. The van der Waals surface area contributed by atoms with Gasteiger partial charge in [-0.05, 0) is 41.8 Å². The molecule has 1 atom stereocenters. The first-order chi connectivity index (χ1) is 11.7. The van der Waals surface area contributed by atoms with Crippen molar-refractivity contribution >= 4 is 22.4 Å². The third kappa shape index (κ3) is 3.95. The van der Waals surface area contributed by atoms with Crippen LogP contribution in [0, 0.1) is 5.92 Å². The highest BCUT2D eigenvalue weighted by molar-refractivity contribution is 7.14. The van der Waals surface area contributed by atoms with Crippen LogP contribution in [0.5, 0.6) is 0 Å². The number of thiophene rings is 1. The fraction of sp³-hybridized carbons (Fsp3) is 0.389. The van der Waals surface area contributed by atoms with E-state index in [-0.39, 0.29) is 18.5 Å². The Labute approximate surface area is 145 Å². The number of urea groups is 1. The van der Waals surface area contributed by atoms with Gasteiger partial charge in [0.2, 0.25) is 0 Å². The van der Waals surface area contributed by atoms with E-state index in [1.54, 1.807) is 0 Å². The summed E-state index contributed by atoms with van der Waals surface area (Å²) in [5.41, 5.74) is -0.272. The molecule has 2 heterocycles. The van der Waals surface area contributed by atoms with Crippen LogP contribution in [0.1, 0.15) is 18.4 Å².